The van der Waals surface area contributed by atoms with Crippen LogP contribution < -0.4 is 10.3 Å². The number of nitrogens with one attached hydrogen (secondary N) is 1. The number of aromatic nitrogens is 4. The number of carbonyl (C=O) groups excluding carboxylic acids is 1. The maximum atomic E-state index is 13.1. The predicted molar refractivity (Wildman–Crippen MR) is 133 cm³/mol. The van der Waals surface area contributed by atoms with E-state index in [2.05, 4.69) is 10.1 Å². The summed E-state index contributed by atoms with van der Waals surface area (Å²) in [7, 11) is 0. The zero-order valence-electron chi connectivity index (χ0n) is 20.4. The number of fused-ring (bicyclic) bond motifs is 2. The minimum absolute atomic E-state index is 0.205. The fourth-order valence-corrected chi connectivity index (χ4v) is 4.74. The summed E-state index contributed by atoms with van der Waals surface area (Å²) in [5.74, 6) is 1.51. The Kier molecular flexibility index (Phi) is 6.34. The van der Waals surface area contributed by atoms with E-state index in [4.69, 9.17) is 26.1 Å². The van der Waals surface area contributed by atoms with Gasteiger partial charge in [0.25, 0.3) is 5.56 Å². The summed E-state index contributed by atoms with van der Waals surface area (Å²) in [4.78, 5) is 33.6. The van der Waals surface area contributed by atoms with Gasteiger partial charge >= 0.3 is 5.97 Å². The Balaban J connectivity index is 1.44. The molecule has 1 fully saturated rings. The molecule has 0 bridgehead atoms. The zero-order valence-corrected chi connectivity index (χ0v) is 21.2. The lowest BCUT2D eigenvalue weighted by molar-refractivity contribution is -0.155. The first-order valence-corrected chi connectivity index (χ1v) is 12.7. The Morgan fingerprint density at radius 2 is 1.94 bits per heavy atom. The van der Waals surface area contributed by atoms with E-state index in [9.17, 15) is 9.59 Å². The van der Waals surface area contributed by atoms with Crippen molar-refractivity contribution in [3.8, 4) is 5.75 Å². The first kappa shape index (κ1) is 23.9. The molecule has 35 heavy (non-hydrogen) atoms. The van der Waals surface area contributed by atoms with Crippen molar-refractivity contribution in [3.05, 3.63) is 50.2 Å². The maximum Gasteiger partial charge on any atom is 0.328 e. The molecule has 9 heteroatoms. The van der Waals surface area contributed by atoms with Gasteiger partial charge in [0, 0.05) is 11.6 Å². The summed E-state index contributed by atoms with van der Waals surface area (Å²) >= 11 is 6.44. The van der Waals surface area contributed by atoms with Crippen molar-refractivity contribution in [3.63, 3.8) is 0 Å². The molecule has 0 aliphatic heterocycles. The molecular formula is C26H31ClN4O4. The number of imidazole rings is 1. The molecule has 2 aromatic heterocycles. The van der Waals surface area contributed by atoms with Crippen LogP contribution in [-0.4, -0.2) is 37.9 Å². The number of rotatable bonds is 7. The minimum atomic E-state index is -0.630. The molecule has 3 aromatic rings. The fourth-order valence-electron chi connectivity index (χ4n) is 4.52. The molecule has 2 aliphatic rings. The second kappa shape index (κ2) is 9.30. The third kappa shape index (κ3) is 5.53. The minimum Gasteiger partial charge on any atom is -0.492 e. The third-order valence-corrected chi connectivity index (χ3v) is 6.64. The molecule has 2 heterocycles. The zero-order chi connectivity index (χ0) is 24.7. The Bertz CT molecular complexity index is 1330. The summed E-state index contributed by atoms with van der Waals surface area (Å²) in [5, 5.41) is 5.16. The molecule has 186 valence electrons. The van der Waals surface area contributed by atoms with Gasteiger partial charge in [-0.3, -0.25) is 9.59 Å². The predicted octanol–water partition coefficient (Wildman–Crippen LogP) is 4.37. The first-order valence-electron chi connectivity index (χ1n) is 12.3. The molecule has 5 rings (SSSR count). The van der Waals surface area contributed by atoms with Gasteiger partial charge in [-0.1, -0.05) is 11.6 Å². The van der Waals surface area contributed by atoms with Crippen LogP contribution in [0, 0.1) is 5.92 Å². The molecule has 1 saturated carbocycles. The molecule has 0 atom stereocenters. The largest absolute Gasteiger partial charge is 0.492 e. The monoisotopic (exact) mass is 498 g/mol. The number of ether oxygens (including phenoxy) is 2. The van der Waals surface area contributed by atoms with Gasteiger partial charge in [0.05, 0.1) is 34.8 Å². The second-order valence-electron chi connectivity index (χ2n) is 10.6. The van der Waals surface area contributed by atoms with Crippen LogP contribution in [0.2, 0.25) is 5.02 Å². The van der Waals surface area contributed by atoms with E-state index in [-0.39, 0.29) is 12.1 Å². The van der Waals surface area contributed by atoms with Crippen LogP contribution in [-0.2, 0) is 35.3 Å². The van der Waals surface area contributed by atoms with Crippen molar-refractivity contribution in [1.29, 1.82) is 0 Å². The lowest BCUT2D eigenvalue weighted by Crippen LogP contribution is -2.35. The van der Waals surface area contributed by atoms with Crippen molar-refractivity contribution >= 4 is 28.6 Å². The van der Waals surface area contributed by atoms with E-state index in [1.54, 1.807) is 20.8 Å². The number of esters is 1. The van der Waals surface area contributed by atoms with E-state index < -0.39 is 11.6 Å². The highest BCUT2D eigenvalue weighted by Gasteiger charge is 2.25. The number of hydrogen-bond acceptors (Lipinski definition) is 6. The van der Waals surface area contributed by atoms with E-state index in [1.165, 1.54) is 17.5 Å². The van der Waals surface area contributed by atoms with Crippen LogP contribution in [0.3, 0.4) is 0 Å². The molecular weight excluding hydrogens is 468 g/mol. The number of hydrogen-bond donors (Lipinski definition) is 1. The number of aromatic amines is 1. The summed E-state index contributed by atoms with van der Waals surface area (Å²) in [6.45, 7) is 5.87. The number of halogens is 1. The van der Waals surface area contributed by atoms with Crippen molar-refractivity contribution < 1.29 is 14.3 Å². The average Bonchev–Trinajstić information content (AvgIpc) is 3.53. The van der Waals surface area contributed by atoms with Gasteiger partial charge in [-0.25, -0.2) is 9.67 Å². The Hall–Kier alpha value is -2.87. The van der Waals surface area contributed by atoms with Gasteiger partial charge in [0.1, 0.15) is 23.7 Å². The fraction of sp³-hybridized carbons (Fsp3) is 0.538. The molecule has 0 saturated heterocycles. The van der Waals surface area contributed by atoms with Crippen LogP contribution in [0.25, 0.3) is 11.0 Å². The quantitative estimate of drug-likeness (QED) is 0.485. The summed E-state index contributed by atoms with van der Waals surface area (Å²) < 4.78 is 12.6. The average molecular weight is 499 g/mol. The maximum absolute atomic E-state index is 13.1. The van der Waals surface area contributed by atoms with E-state index in [1.807, 2.05) is 12.1 Å². The summed E-state index contributed by atoms with van der Waals surface area (Å²) in [6.07, 6.45) is 6.28. The normalized spacial score (nSPS) is 15.8. The number of carbonyl (C=O) groups is 1. The highest BCUT2D eigenvalue weighted by molar-refractivity contribution is 6.32. The summed E-state index contributed by atoms with van der Waals surface area (Å²) in [6, 6.07) is 3.70. The molecule has 1 N–H and O–H groups in total. The Morgan fingerprint density at radius 1 is 1.20 bits per heavy atom. The van der Waals surface area contributed by atoms with Crippen LogP contribution in [0.15, 0.2) is 16.9 Å². The smallest absolute Gasteiger partial charge is 0.328 e. The van der Waals surface area contributed by atoms with Gasteiger partial charge in [-0.15, -0.1) is 0 Å². The van der Waals surface area contributed by atoms with Crippen molar-refractivity contribution in [1.82, 2.24) is 19.7 Å². The van der Waals surface area contributed by atoms with Gasteiger partial charge < -0.3 is 14.5 Å². The van der Waals surface area contributed by atoms with Crippen molar-refractivity contribution in [2.75, 3.05) is 6.61 Å². The second-order valence-corrected chi connectivity index (χ2v) is 11.0. The Labute approximate surface area is 209 Å². The Morgan fingerprint density at radius 3 is 2.66 bits per heavy atom. The number of H-pyrrole nitrogens is 1. The van der Waals surface area contributed by atoms with Gasteiger partial charge in [0.2, 0.25) is 0 Å². The topological polar surface area (TPSA) is 99.1 Å². The molecule has 0 amide bonds. The number of benzene rings is 1. The van der Waals surface area contributed by atoms with Gasteiger partial charge in [0.15, 0.2) is 0 Å². The lowest BCUT2D eigenvalue weighted by atomic mass is 9.91. The molecule has 0 radical (unpaired) electrons. The van der Waals surface area contributed by atoms with Crippen molar-refractivity contribution in [2.24, 2.45) is 5.92 Å². The van der Waals surface area contributed by atoms with Crippen LogP contribution in [0.1, 0.15) is 69.1 Å². The van der Waals surface area contributed by atoms with Crippen LogP contribution in [0.4, 0.5) is 0 Å². The SMILES string of the molecule is CC(C)(C)OC(=O)Cn1nc(Cc2nc3cc(OCC4CC4)c(Cl)cc3[nH]2)c2c(c1=O)CCCC2. The highest BCUT2D eigenvalue weighted by atomic mass is 35.5. The molecule has 2 aliphatic carbocycles. The van der Waals surface area contributed by atoms with Crippen LogP contribution in [0.5, 0.6) is 5.75 Å². The third-order valence-electron chi connectivity index (χ3n) is 6.34. The highest BCUT2D eigenvalue weighted by Crippen LogP contribution is 2.34. The molecule has 1 aromatic carbocycles. The van der Waals surface area contributed by atoms with Crippen molar-refractivity contribution in [2.45, 2.75) is 77.9 Å². The standard InChI is InChI=1S/C26H31ClN4O4/c1-26(2,3)35-24(32)13-31-25(33)17-7-5-4-6-16(17)19(30-31)12-23-28-20-10-18(27)22(11-21(20)29-23)34-14-15-8-9-15/h10-11,15H,4-9,12-14H2,1-3H3,(H,28,29). The summed E-state index contributed by atoms with van der Waals surface area (Å²) in [5.41, 5.74) is 3.25. The van der Waals surface area contributed by atoms with E-state index in [0.29, 0.717) is 36.1 Å². The number of nitrogens with zero attached hydrogens (tertiary/aromatic N) is 3. The molecule has 8 nitrogen and oxygen atoms in total. The van der Waals surface area contributed by atoms with E-state index in [0.717, 1.165) is 52.9 Å². The molecule has 0 unspecified atom stereocenters. The lowest BCUT2D eigenvalue weighted by Gasteiger charge is -2.22. The molecule has 0 spiro atoms. The van der Waals surface area contributed by atoms with Gasteiger partial charge in [-0.2, -0.15) is 5.10 Å². The van der Waals surface area contributed by atoms with E-state index >= 15 is 0 Å². The van der Waals surface area contributed by atoms with Crippen LogP contribution >= 0.6 is 11.6 Å². The van der Waals surface area contributed by atoms with Gasteiger partial charge in [-0.05, 0) is 76.8 Å². The first-order chi connectivity index (χ1) is 16.7.